The van der Waals surface area contributed by atoms with Crippen LogP contribution in [0.2, 0.25) is 0 Å². The molecule has 4 nitrogen and oxygen atoms in total. The molecule has 1 fully saturated rings. The highest BCUT2D eigenvalue weighted by atomic mass is 32.1. The minimum absolute atomic E-state index is 0.0289. The van der Waals surface area contributed by atoms with Gasteiger partial charge in [0.05, 0.1) is 11.6 Å². The number of nitrogens with zero attached hydrogens (tertiary/aromatic N) is 2. The van der Waals surface area contributed by atoms with Gasteiger partial charge in [-0.1, -0.05) is 44.2 Å². The van der Waals surface area contributed by atoms with Gasteiger partial charge < -0.3 is 5.32 Å². The highest BCUT2D eigenvalue weighted by Gasteiger charge is 2.20. The molecule has 2 unspecified atom stereocenters. The number of hydrogen-bond donors (Lipinski definition) is 1. The third kappa shape index (κ3) is 4.89. The van der Waals surface area contributed by atoms with Crippen molar-refractivity contribution < 1.29 is 4.79 Å². The van der Waals surface area contributed by atoms with E-state index in [-0.39, 0.29) is 11.8 Å². The van der Waals surface area contributed by atoms with Crippen LogP contribution < -0.4 is 5.32 Å². The molecule has 1 aliphatic heterocycles. The molecule has 0 radical (unpaired) electrons. The lowest BCUT2D eigenvalue weighted by Crippen LogP contribution is -2.33. The lowest BCUT2D eigenvalue weighted by atomic mass is 9.96. The second-order valence-electron chi connectivity index (χ2n) is 6.99. The quantitative estimate of drug-likeness (QED) is 0.827. The van der Waals surface area contributed by atoms with Gasteiger partial charge >= 0.3 is 0 Å². The average molecular weight is 358 g/mol. The number of benzene rings is 1. The highest BCUT2D eigenvalue weighted by molar-refractivity contribution is 7.13. The van der Waals surface area contributed by atoms with Crippen LogP contribution in [0.15, 0.2) is 35.7 Å². The van der Waals surface area contributed by atoms with Crippen molar-refractivity contribution in [3.63, 3.8) is 0 Å². The number of amides is 1. The summed E-state index contributed by atoms with van der Waals surface area (Å²) in [6.07, 6.45) is 3.37. The number of likely N-dealkylation sites (tertiary alicyclic amines) is 1. The van der Waals surface area contributed by atoms with Crippen molar-refractivity contribution in [2.45, 2.75) is 45.6 Å². The fourth-order valence-corrected chi connectivity index (χ4v) is 4.25. The van der Waals surface area contributed by atoms with Crippen molar-refractivity contribution in [2.75, 3.05) is 18.4 Å². The smallest absolute Gasteiger partial charge is 0.233 e. The highest BCUT2D eigenvalue weighted by Crippen LogP contribution is 2.24. The van der Waals surface area contributed by atoms with E-state index in [1.165, 1.54) is 24.2 Å². The number of thiazole rings is 1. The molecular formula is C20H27N3OS. The molecule has 1 aliphatic rings. The van der Waals surface area contributed by atoms with E-state index < -0.39 is 0 Å². The van der Waals surface area contributed by atoms with Gasteiger partial charge in [-0.15, -0.1) is 11.3 Å². The minimum Gasteiger partial charge on any atom is -0.301 e. The van der Waals surface area contributed by atoms with Crippen molar-refractivity contribution >= 4 is 22.4 Å². The maximum absolute atomic E-state index is 12.6. The normalized spacial score (nSPS) is 19.5. The second kappa shape index (κ2) is 8.59. The second-order valence-corrected chi connectivity index (χ2v) is 7.85. The van der Waals surface area contributed by atoms with Gasteiger partial charge in [0.15, 0.2) is 5.13 Å². The summed E-state index contributed by atoms with van der Waals surface area (Å²) in [7, 11) is 0. The zero-order valence-corrected chi connectivity index (χ0v) is 15.9. The fourth-order valence-electron chi connectivity index (χ4n) is 3.55. The molecule has 3 rings (SSSR count). The van der Waals surface area contributed by atoms with E-state index in [1.807, 2.05) is 37.3 Å². The average Bonchev–Trinajstić information content (AvgIpc) is 3.03. The minimum atomic E-state index is -0.128. The van der Waals surface area contributed by atoms with Gasteiger partial charge in [-0.25, -0.2) is 4.98 Å². The van der Waals surface area contributed by atoms with E-state index >= 15 is 0 Å². The molecule has 0 aliphatic carbocycles. The van der Waals surface area contributed by atoms with E-state index in [0.717, 1.165) is 43.2 Å². The number of piperidine rings is 1. The van der Waals surface area contributed by atoms with Crippen LogP contribution in [0.3, 0.4) is 0 Å². The molecule has 1 aromatic carbocycles. The van der Waals surface area contributed by atoms with E-state index in [0.29, 0.717) is 5.13 Å². The molecule has 2 heterocycles. The van der Waals surface area contributed by atoms with E-state index in [1.54, 1.807) is 0 Å². The first-order chi connectivity index (χ1) is 12.2. The molecule has 0 saturated carbocycles. The number of rotatable bonds is 6. The maximum atomic E-state index is 12.6. The summed E-state index contributed by atoms with van der Waals surface area (Å²) in [5.74, 6) is 0.667. The molecule has 2 aromatic rings. The van der Waals surface area contributed by atoms with Gasteiger partial charge in [0.25, 0.3) is 0 Å². The summed E-state index contributed by atoms with van der Waals surface area (Å²) < 4.78 is 0. The maximum Gasteiger partial charge on any atom is 0.233 e. The van der Waals surface area contributed by atoms with Gasteiger partial charge in [-0.05, 0) is 37.3 Å². The van der Waals surface area contributed by atoms with E-state index in [2.05, 4.69) is 27.5 Å². The lowest BCUT2D eigenvalue weighted by molar-refractivity contribution is -0.117. The Balaban J connectivity index is 1.59. The molecular weight excluding hydrogens is 330 g/mol. The van der Waals surface area contributed by atoms with Crippen molar-refractivity contribution in [2.24, 2.45) is 5.92 Å². The number of anilines is 1. The Morgan fingerprint density at radius 3 is 2.92 bits per heavy atom. The third-order valence-corrected chi connectivity index (χ3v) is 5.64. The van der Waals surface area contributed by atoms with Crippen molar-refractivity contribution in [1.82, 2.24) is 9.88 Å². The van der Waals surface area contributed by atoms with Crippen LogP contribution in [0, 0.1) is 5.92 Å². The summed E-state index contributed by atoms with van der Waals surface area (Å²) in [5.41, 5.74) is 2.11. The Hall–Kier alpha value is -1.72. The summed E-state index contributed by atoms with van der Waals surface area (Å²) >= 11 is 1.52. The third-order valence-electron chi connectivity index (χ3n) is 4.84. The molecule has 25 heavy (non-hydrogen) atoms. The molecule has 1 saturated heterocycles. The SMILES string of the molecule is CCC(C(=O)Nc1nc(CN2CCCC(C)C2)cs1)c1ccccc1. The largest absolute Gasteiger partial charge is 0.301 e. The summed E-state index contributed by atoms with van der Waals surface area (Å²) in [6.45, 7) is 7.53. The summed E-state index contributed by atoms with van der Waals surface area (Å²) in [6, 6.07) is 9.96. The molecule has 0 bridgehead atoms. The van der Waals surface area contributed by atoms with Gasteiger partial charge in [-0.2, -0.15) is 0 Å². The molecule has 5 heteroatoms. The Bertz CT molecular complexity index is 685. The Morgan fingerprint density at radius 2 is 2.20 bits per heavy atom. The number of carbonyl (C=O) groups excluding carboxylic acids is 1. The Kier molecular flexibility index (Phi) is 6.21. The van der Waals surface area contributed by atoms with Crippen molar-refractivity contribution in [3.8, 4) is 0 Å². The molecule has 2 atom stereocenters. The standard InChI is InChI=1S/C20H27N3OS/c1-3-18(16-9-5-4-6-10-16)19(24)22-20-21-17(14-25-20)13-23-11-7-8-15(2)12-23/h4-6,9-10,14-15,18H,3,7-8,11-13H2,1-2H3,(H,21,22,24). The van der Waals surface area contributed by atoms with Crippen LogP contribution >= 0.6 is 11.3 Å². The molecule has 134 valence electrons. The van der Waals surface area contributed by atoms with Crippen LogP contribution in [0.25, 0.3) is 0 Å². The van der Waals surface area contributed by atoms with E-state index in [9.17, 15) is 4.79 Å². The lowest BCUT2D eigenvalue weighted by Gasteiger charge is -2.30. The van der Waals surface area contributed by atoms with Gasteiger partial charge in [0, 0.05) is 18.5 Å². The Morgan fingerprint density at radius 1 is 1.40 bits per heavy atom. The van der Waals surface area contributed by atoms with Crippen LogP contribution in [-0.2, 0) is 11.3 Å². The predicted molar refractivity (Wildman–Crippen MR) is 104 cm³/mol. The van der Waals surface area contributed by atoms with Crippen LogP contribution in [-0.4, -0.2) is 28.9 Å². The molecule has 0 spiro atoms. The summed E-state index contributed by atoms with van der Waals surface area (Å²) in [4.78, 5) is 19.7. The number of hydrogen-bond acceptors (Lipinski definition) is 4. The van der Waals surface area contributed by atoms with Crippen LogP contribution in [0.4, 0.5) is 5.13 Å². The summed E-state index contributed by atoms with van der Waals surface area (Å²) in [5, 5.41) is 5.78. The van der Waals surface area contributed by atoms with Gasteiger partial charge in [-0.3, -0.25) is 9.69 Å². The van der Waals surface area contributed by atoms with Crippen LogP contribution in [0.1, 0.15) is 50.3 Å². The zero-order valence-electron chi connectivity index (χ0n) is 15.1. The topological polar surface area (TPSA) is 45.2 Å². The van der Waals surface area contributed by atoms with Gasteiger partial charge in [0.1, 0.15) is 0 Å². The number of aromatic nitrogens is 1. The first-order valence-electron chi connectivity index (χ1n) is 9.18. The molecule has 1 amide bonds. The van der Waals surface area contributed by atoms with E-state index in [4.69, 9.17) is 0 Å². The van der Waals surface area contributed by atoms with Crippen LogP contribution in [0.5, 0.6) is 0 Å². The fraction of sp³-hybridized carbons (Fsp3) is 0.500. The first-order valence-corrected chi connectivity index (χ1v) is 10.1. The predicted octanol–water partition coefficient (Wildman–Crippen LogP) is 4.51. The molecule has 1 aromatic heterocycles. The number of nitrogens with one attached hydrogen (secondary N) is 1. The zero-order chi connectivity index (χ0) is 17.6. The molecule has 1 N–H and O–H groups in total. The van der Waals surface area contributed by atoms with Crippen molar-refractivity contribution in [1.29, 1.82) is 0 Å². The monoisotopic (exact) mass is 357 g/mol. The van der Waals surface area contributed by atoms with Crippen molar-refractivity contribution in [3.05, 3.63) is 47.0 Å². The first kappa shape index (κ1) is 18.1. The number of carbonyl (C=O) groups is 1. The van der Waals surface area contributed by atoms with Gasteiger partial charge in [0.2, 0.25) is 5.91 Å². The Labute approximate surface area is 154 Å².